The molecule has 0 heterocycles. The number of aliphatic carboxylic acids is 1. The molecule has 0 saturated heterocycles. The van der Waals surface area contributed by atoms with Crippen molar-refractivity contribution >= 4 is 23.6 Å². The molecule has 0 aromatic carbocycles. The summed E-state index contributed by atoms with van der Waals surface area (Å²) in [5.41, 5.74) is -0.642. The number of ketones is 1. The Labute approximate surface area is 256 Å². The van der Waals surface area contributed by atoms with Crippen LogP contribution in [0.25, 0.3) is 0 Å². The van der Waals surface area contributed by atoms with Crippen molar-refractivity contribution in [2.24, 2.45) is 56.2 Å². The normalized spacial score (nSPS) is 44.9. The average Bonchev–Trinajstić information content (AvgIpc) is 2.92. The lowest BCUT2D eigenvalue weighted by Gasteiger charge is -2.70. The predicted octanol–water partition coefficient (Wildman–Crippen LogP) is 5.32. The van der Waals surface area contributed by atoms with Crippen molar-refractivity contribution in [2.45, 2.75) is 106 Å². The van der Waals surface area contributed by atoms with Crippen molar-refractivity contribution in [2.75, 3.05) is 19.8 Å². The number of carboxylic acid groups (broad SMARTS) is 1. The minimum absolute atomic E-state index is 0.0167. The molecule has 43 heavy (non-hydrogen) atoms. The highest BCUT2D eigenvalue weighted by atomic mass is 16.5. The second-order valence-corrected chi connectivity index (χ2v) is 16.6. The first-order chi connectivity index (χ1) is 19.9. The molecule has 0 spiro atoms. The van der Waals surface area contributed by atoms with Gasteiger partial charge in [0.2, 0.25) is 5.91 Å². The van der Waals surface area contributed by atoms with E-state index in [0.717, 1.165) is 38.5 Å². The number of carboxylic acids is 1. The zero-order valence-corrected chi connectivity index (χ0v) is 27.3. The van der Waals surface area contributed by atoms with E-state index in [9.17, 15) is 24.3 Å². The maximum absolute atomic E-state index is 14.5. The molecule has 5 aliphatic carbocycles. The lowest BCUT2D eigenvalue weighted by Crippen LogP contribution is -2.66. The van der Waals surface area contributed by atoms with Gasteiger partial charge in [0.1, 0.15) is 13.2 Å². The summed E-state index contributed by atoms with van der Waals surface area (Å²) in [5, 5.41) is 21.8. The van der Waals surface area contributed by atoms with Gasteiger partial charge in [0.05, 0.1) is 12.0 Å². The van der Waals surface area contributed by atoms with Crippen molar-refractivity contribution < 1.29 is 34.1 Å². The van der Waals surface area contributed by atoms with Crippen molar-refractivity contribution in [3.63, 3.8) is 0 Å². The van der Waals surface area contributed by atoms with Gasteiger partial charge in [-0.15, -0.1) is 0 Å². The second kappa shape index (κ2) is 10.4. The molecule has 0 bridgehead atoms. The Bertz CT molecular complexity index is 1240. The molecule has 0 aromatic heterocycles. The van der Waals surface area contributed by atoms with Crippen LogP contribution in [0, 0.1) is 56.2 Å². The van der Waals surface area contributed by atoms with Gasteiger partial charge >= 0.3 is 11.9 Å². The molecule has 3 N–H and O–H groups in total. The molecule has 1 amide bonds. The summed E-state index contributed by atoms with van der Waals surface area (Å²) in [4.78, 5) is 52.2. The van der Waals surface area contributed by atoms with Crippen LogP contribution in [0.15, 0.2) is 11.6 Å². The number of carbonyl (C=O) groups excluding carboxylic acids is 3. The third-order valence-corrected chi connectivity index (χ3v) is 14.2. The van der Waals surface area contributed by atoms with Gasteiger partial charge in [0, 0.05) is 11.8 Å². The van der Waals surface area contributed by atoms with Gasteiger partial charge in [0.25, 0.3) is 0 Å². The molecular formula is C35H53NO7. The van der Waals surface area contributed by atoms with Crippen LogP contribution in [-0.4, -0.2) is 53.6 Å². The molecule has 8 heteroatoms. The van der Waals surface area contributed by atoms with Gasteiger partial charge in [-0.2, -0.15) is 0 Å². The fraction of sp³-hybridized carbons (Fsp3) is 0.829. The first kappa shape index (κ1) is 32.2. The maximum Gasteiger partial charge on any atom is 0.325 e. The van der Waals surface area contributed by atoms with Crippen LogP contribution in [0.1, 0.15) is 106 Å². The summed E-state index contributed by atoms with van der Waals surface area (Å²) in [7, 11) is 0. The van der Waals surface area contributed by atoms with E-state index in [2.05, 4.69) is 46.9 Å². The predicted molar refractivity (Wildman–Crippen MR) is 162 cm³/mol. The summed E-state index contributed by atoms with van der Waals surface area (Å²) >= 11 is 0. The molecule has 8 nitrogen and oxygen atoms in total. The van der Waals surface area contributed by atoms with Gasteiger partial charge in [-0.05, 0) is 110 Å². The first-order valence-electron chi connectivity index (χ1n) is 16.4. The van der Waals surface area contributed by atoms with Crippen LogP contribution in [0.3, 0.4) is 0 Å². The number of ether oxygens (including phenoxy) is 1. The number of amides is 1. The third-order valence-electron chi connectivity index (χ3n) is 14.2. The van der Waals surface area contributed by atoms with Crippen LogP contribution >= 0.6 is 0 Å². The molecule has 240 valence electrons. The topological polar surface area (TPSA) is 130 Å². The first-order valence-corrected chi connectivity index (χ1v) is 16.4. The van der Waals surface area contributed by atoms with Gasteiger partial charge in [-0.1, -0.05) is 47.1 Å². The van der Waals surface area contributed by atoms with Crippen LogP contribution in [-0.2, 0) is 23.9 Å². The maximum atomic E-state index is 14.5. The zero-order chi connectivity index (χ0) is 31.8. The number of esters is 1. The van der Waals surface area contributed by atoms with E-state index >= 15 is 0 Å². The summed E-state index contributed by atoms with van der Waals surface area (Å²) in [6.07, 6.45) is 9.39. The standard InChI is InChI=1S/C35H53NO7/c1-30(2)21(28(40)36-20-26(39)43-17-16-37)8-10-33(5)25(30)9-11-35(7)27(33)24(38)18-22-23-19-32(4,29(41)42)13-12-31(23,3)14-15-34(22,35)6/h18,21,23,25,27,37H,8-17,19-20H2,1-7H3,(H,36,40)(H,41,42)/t21-,23?,25+,27-,31-,32+,33+,34-,35-/m1/s1. The number of carbonyl (C=O) groups is 4. The van der Waals surface area contributed by atoms with E-state index < -0.39 is 17.4 Å². The summed E-state index contributed by atoms with van der Waals surface area (Å²) < 4.78 is 4.90. The quantitative estimate of drug-likeness (QED) is 0.352. The molecule has 4 fully saturated rings. The summed E-state index contributed by atoms with van der Waals surface area (Å²) in [5.74, 6) is -1.46. The van der Waals surface area contributed by atoms with E-state index in [1.54, 1.807) is 0 Å². The number of rotatable bonds is 6. The number of aliphatic hydroxyl groups is 1. The molecule has 1 unspecified atom stereocenters. The molecular weight excluding hydrogens is 546 g/mol. The second-order valence-electron chi connectivity index (χ2n) is 16.6. The summed E-state index contributed by atoms with van der Waals surface area (Å²) in [6.45, 7) is 14.9. The minimum atomic E-state index is -0.772. The molecule has 0 aromatic rings. The van der Waals surface area contributed by atoms with E-state index in [0.29, 0.717) is 19.3 Å². The molecule has 9 atom stereocenters. The van der Waals surface area contributed by atoms with Crippen molar-refractivity contribution in [3.8, 4) is 0 Å². The number of allylic oxidation sites excluding steroid dienone is 2. The fourth-order valence-corrected chi connectivity index (χ4v) is 11.3. The lowest BCUT2D eigenvalue weighted by atomic mass is 9.33. The van der Waals surface area contributed by atoms with Crippen LogP contribution in [0.4, 0.5) is 0 Å². The van der Waals surface area contributed by atoms with Crippen molar-refractivity contribution in [3.05, 3.63) is 11.6 Å². The van der Waals surface area contributed by atoms with Gasteiger partial charge in [-0.3, -0.25) is 19.2 Å². The van der Waals surface area contributed by atoms with Crippen molar-refractivity contribution in [1.29, 1.82) is 0 Å². The number of nitrogens with one attached hydrogen (secondary N) is 1. The monoisotopic (exact) mass is 599 g/mol. The molecule has 5 rings (SSSR count). The van der Waals surface area contributed by atoms with Crippen LogP contribution < -0.4 is 5.32 Å². The Morgan fingerprint density at radius 2 is 1.63 bits per heavy atom. The number of aliphatic hydroxyl groups excluding tert-OH is 1. The highest BCUT2D eigenvalue weighted by Crippen LogP contribution is 2.75. The Kier molecular flexibility index (Phi) is 7.80. The van der Waals surface area contributed by atoms with E-state index in [4.69, 9.17) is 9.84 Å². The molecule has 0 aliphatic heterocycles. The number of fused-ring (bicyclic) bond motifs is 7. The van der Waals surface area contributed by atoms with Gasteiger partial charge in [-0.25, -0.2) is 0 Å². The minimum Gasteiger partial charge on any atom is -0.481 e. The Morgan fingerprint density at radius 3 is 2.28 bits per heavy atom. The highest BCUT2D eigenvalue weighted by molar-refractivity contribution is 5.96. The van der Waals surface area contributed by atoms with E-state index in [1.807, 2.05) is 13.0 Å². The molecule has 5 aliphatic rings. The smallest absolute Gasteiger partial charge is 0.325 e. The number of hydrogen-bond donors (Lipinski definition) is 3. The Balaban J connectivity index is 1.45. The van der Waals surface area contributed by atoms with Crippen molar-refractivity contribution in [1.82, 2.24) is 5.32 Å². The zero-order valence-electron chi connectivity index (χ0n) is 27.3. The van der Waals surface area contributed by atoms with Gasteiger partial charge in [0.15, 0.2) is 5.78 Å². The number of hydrogen-bond acceptors (Lipinski definition) is 6. The Morgan fingerprint density at radius 1 is 0.953 bits per heavy atom. The van der Waals surface area contributed by atoms with Gasteiger partial charge < -0.3 is 20.3 Å². The van der Waals surface area contributed by atoms with E-state index in [-0.39, 0.29) is 82.2 Å². The van der Waals surface area contributed by atoms with Crippen LogP contribution in [0.5, 0.6) is 0 Å². The SMILES string of the molecule is CC1(C)[C@@H](C(=O)NCC(=O)OCCO)CC[C@]2(C)[C@H]3C(=O)C=C4C5C[C@@](C)(C(=O)O)CC[C@]5(C)CC[C@@]4(C)[C@]3(C)CC[C@@H]12. The highest BCUT2D eigenvalue weighted by Gasteiger charge is 2.70. The average molecular weight is 600 g/mol. The fourth-order valence-electron chi connectivity index (χ4n) is 11.3. The molecule has 4 saturated carbocycles. The van der Waals surface area contributed by atoms with Crippen LogP contribution in [0.2, 0.25) is 0 Å². The third kappa shape index (κ3) is 4.63. The van der Waals surface area contributed by atoms with E-state index in [1.165, 1.54) is 5.57 Å². The lowest BCUT2D eigenvalue weighted by molar-refractivity contribution is -0.194. The Hall–Kier alpha value is -2.22. The largest absolute Gasteiger partial charge is 0.481 e. The summed E-state index contributed by atoms with van der Waals surface area (Å²) in [6, 6.07) is 0. The molecule has 0 radical (unpaired) electrons.